The molecule has 0 unspecified atom stereocenters. The SMILES string of the molecule is C/C(=C\[C@H](C)C[C@@H](C)C(=O)O)[C@@H]1CC[C@@](C)([C@H](C)O)O1. The van der Waals surface area contributed by atoms with E-state index in [2.05, 4.69) is 6.08 Å². The van der Waals surface area contributed by atoms with Crippen molar-refractivity contribution in [1.29, 1.82) is 0 Å². The number of carboxylic acids is 1. The molecule has 0 aliphatic carbocycles. The molecule has 0 spiro atoms. The van der Waals surface area contributed by atoms with Crippen LogP contribution in [0.15, 0.2) is 11.6 Å². The van der Waals surface area contributed by atoms with Crippen molar-refractivity contribution >= 4 is 5.97 Å². The molecule has 0 aromatic carbocycles. The quantitative estimate of drug-likeness (QED) is 0.736. The van der Waals surface area contributed by atoms with Gasteiger partial charge in [0.1, 0.15) is 0 Å². The summed E-state index contributed by atoms with van der Waals surface area (Å²) >= 11 is 0. The molecule has 1 heterocycles. The Kier molecular flexibility index (Phi) is 5.78. The molecule has 1 fully saturated rings. The van der Waals surface area contributed by atoms with Gasteiger partial charge in [0.2, 0.25) is 0 Å². The van der Waals surface area contributed by atoms with E-state index < -0.39 is 17.7 Å². The Hall–Kier alpha value is -0.870. The van der Waals surface area contributed by atoms with Crippen LogP contribution in [0.2, 0.25) is 0 Å². The number of aliphatic hydroxyl groups is 1. The Balaban J connectivity index is 2.60. The van der Waals surface area contributed by atoms with Gasteiger partial charge < -0.3 is 14.9 Å². The number of ether oxygens (including phenoxy) is 1. The highest BCUT2D eigenvalue weighted by molar-refractivity contribution is 5.69. The molecular weight excluding hydrogens is 256 g/mol. The first-order valence-electron chi connectivity index (χ1n) is 7.42. The molecule has 0 amide bonds. The third-order valence-corrected chi connectivity index (χ3v) is 4.40. The first-order chi connectivity index (χ1) is 9.15. The number of carbonyl (C=O) groups is 1. The monoisotopic (exact) mass is 284 g/mol. The molecule has 4 nitrogen and oxygen atoms in total. The highest BCUT2D eigenvalue weighted by atomic mass is 16.5. The van der Waals surface area contributed by atoms with E-state index in [-0.39, 0.29) is 17.9 Å². The summed E-state index contributed by atoms with van der Waals surface area (Å²) in [5.74, 6) is -0.869. The fourth-order valence-electron chi connectivity index (χ4n) is 2.77. The van der Waals surface area contributed by atoms with Crippen LogP contribution in [-0.4, -0.2) is 34.0 Å². The van der Waals surface area contributed by atoms with Crippen LogP contribution < -0.4 is 0 Å². The van der Waals surface area contributed by atoms with Crippen molar-refractivity contribution in [3.63, 3.8) is 0 Å². The first kappa shape index (κ1) is 17.2. The van der Waals surface area contributed by atoms with Gasteiger partial charge in [-0.3, -0.25) is 4.79 Å². The van der Waals surface area contributed by atoms with E-state index >= 15 is 0 Å². The van der Waals surface area contributed by atoms with Crippen LogP contribution in [0, 0.1) is 11.8 Å². The highest BCUT2D eigenvalue weighted by Gasteiger charge is 2.40. The zero-order chi connectivity index (χ0) is 15.5. The van der Waals surface area contributed by atoms with E-state index in [0.29, 0.717) is 6.42 Å². The third kappa shape index (κ3) is 4.32. The summed E-state index contributed by atoms with van der Waals surface area (Å²) in [6, 6.07) is 0. The van der Waals surface area contributed by atoms with Gasteiger partial charge >= 0.3 is 5.97 Å². The lowest BCUT2D eigenvalue weighted by Crippen LogP contribution is -2.37. The second-order valence-corrected chi connectivity index (χ2v) is 6.50. The van der Waals surface area contributed by atoms with Crippen LogP contribution in [0.3, 0.4) is 0 Å². The molecule has 0 bridgehead atoms. The zero-order valence-electron chi connectivity index (χ0n) is 13.2. The van der Waals surface area contributed by atoms with Crippen LogP contribution in [0.25, 0.3) is 0 Å². The maximum atomic E-state index is 10.9. The van der Waals surface area contributed by atoms with Crippen molar-refractivity contribution in [1.82, 2.24) is 0 Å². The fraction of sp³-hybridized carbons (Fsp3) is 0.812. The topological polar surface area (TPSA) is 66.8 Å². The first-order valence-corrected chi connectivity index (χ1v) is 7.42. The highest BCUT2D eigenvalue weighted by Crippen LogP contribution is 2.36. The molecule has 0 radical (unpaired) electrons. The predicted octanol–water partition coefficient (Wildman–Crippen LogP) is 3.00. The standard InChI is InChI=1S/C16H28O4/c1-10(9-12(3)15(18)19)8-11(2)14-6-7-16(5,20-14)13(4)17/h8,10,12-14,17H,6-7,9H2,1-5H3,(H,18,19)/b11-8+/t10-,12+,13-,14-,16-/m0/s1. The van der Waals surface area contributed by atoms with Crippen LogP contribution >= 0.6 is 0 Å². The van der Waals surface area contributed by atoms with Gasteiger partial charge in [-0.2, -0.15) is 0 Å². The van der Waals surface area contributed by atoms with Crippen LogP contribution in [0.4, 0.5) is 0 Å². The zero-order valence-corrected chi connectivity index (χ0v) is 13.2. The number of hydrogen-bond acceptors (Lipinski definition) is 3. The average Bonchev–Trinajstić information content (AvgIpc) is 2.73. The summed E-state index contributed by atoms with van der Waals surface area (Å²) in [6.07, 6.45) is 4.05. The number of aliphatic carboxylic acids is 1. The summed E-state index contributed by atoms with van der Waals surface area (Å²) < 4.78 is 5.99. The minimum absolute atomic E-state index is 0.0391. The van der Waals surface area contributed by atoms with E-state index in [1.165, 1.54) is 0 Å². The van der Waals surface area contributed by atoms with Crippen molar-refractivity contribution in [2.75, 3.05) is 0 Å². The van der Waals surface area contributed by atoms with Crippen molar-refractivity contribution in [2.24, 2.45) is 11.8 Å². The fourth-order valence-corrected chi connectivity index (χ4v) is 2.77. The molecule has 0 aromatic heterocycles. The predicted molar refractivity (Wildman–Crippen MR) is 78.5 cm³/mol. The molecule has 116 valence electrons. The Morgan fingerprint density at radius 3 is 2.50 bits per heavy atom. The Morgan fingerprint density at radius 1 is 1.45 bits per heavy atom. The van der Waals surface area contributed by atoms with Gasteiger partial charge in [-0.05, 0) is 51.5 Å². The van der Waals surface area contributed by atoms with Crippen LogP contribution in [-0.2, 0) is 9.53 Å². The molecule has 20 heavy (non-hydrogen) atoms. The van der Waals surface area contributed by atoms with Gasteiger partial charge in [0.25, 0.3) is 0 Å². The molecule has 1 aliphatic heterocycles. The van der Waals surface area contributed by atoms with Crippen molar-refractivity contribution in [2.45, 2.75) is 71.7 Å². The normalized spacial score (nSPS) is 31.9. The molecule has 5 atom stereocenters. The Morgan fingerprint density at radius 2 is 2.05 bits per heavy atom. The van der Waals surface area contributed by atoms with Gasteiger partial charge in [-0.15, -0.1) is 0 Å². The number of hydrogen-bond donors (Lipinski definition) is 2. The van der Waals surface area contributed by atoms with E-state index in [1.54, 1.807) is 13.8 Å². The minimum atomic E-state index is -0.748. The van der Waals surface area contributed by atoms with Crippen LogP contribution in [0.5, 0.6) is 0 Å². The number of aliphatic hydroxyl groups excluding tert-OH is 1. The molecule has 1 aliphatic rings. The number of allylic oxidation sites excluding steroid dienone is 1. The van der Waals surface area contributed by atoms with Gasteiger partial charge in [0, 0.05) is 0 Å². The van der Waals surface area contributed by atoms with Crippen molar-refractivity contribution in [3.8, 4) is 0 Å². The maximum absolute atomic E-state index is 10.9. The second-order valence-electron chi connectivity index (χ2n) is 6.50. The van der Waals surface area contributed by atoms with Gasteiger partial charge in [0.05, 0.1) is 23.7 Å². The Labute approximate surface area is 121 Å². The molecule has 4 heteroatoms. The molecule has 1 saturated heterocycles. The smallest absolute Gasteiger partial charge is 0.306 e. The van der Waals surface area contributed by atoms with E-state index in [1.807, 2.05) is 20.8 Å². The summed E-state index contributed by atoms with van der Waals surface area (Å²) in [5.41, 5.74) is 0.677. The molecule has 2 N–H and O–H groups in total. The number of carboxylic acid groups (broad SMARTS) is 1. The molecule has 0 aromatic rings. The summed E-state index contributed by atoms with van der Waals surface area (Å²) in [5, 5.41) is 18.7. The molecule has 0 saturated carbocycles. The van der Waals surface area contributed by atoms with Gasteiger partial charge in [-0.1, -0.05) is 19.9 Å². The van der Waals surface area contributed by atoms with E-state index in [4.69, 9.17) is 9.84 Å². The minimum Gasteiger partial charge on any atom is -0.481 e. The number of rotatable bonds is 6. The van der Waals surface area contributed by atoms with E-state index in [9.17, 15) is 9.90 Å². The lowest BCUT2D eigenvalue weighted by atomic mass is 9.93. The summed E-state index contributed by atoms with van der Waals surface area (Å²) in [6.45, 7) is 9.50. The van der Waals surface area contributed by atoms with Crippen molar-refractivity contribution < 1.29 is 19.7 Å². The summed E-state index contributed by atoms with van der Waals surface area (Å²) in [7, 11) is 0. The van der Waals surface area contributed by atoms with E-state index in [0.717, 1.165) is 18.4 Å². The Bertz CT molecular complexity index is 375. The summed E-state index contributed by atoms with van der Waals surface area (Å²) in [4.78, 5) is 10.9. The van der Waals surface area contributed by atoms with Crippen molar-refractivity contribution in [3.05, 3.63) is 11.6 Å². The molecular formula is C16H28O4. The maximum Gasteiger partial charge on any atom is 0.306 e. The average molecular weight is 284 g/mol. The van der Waals surface area contributed by atoms with Gasteiger partial charge in [-0.25, -0.2) is 0 Å². The van der Waals surface area contributed by atoms with Gasteiger partial charge in [0.15, 0.2) is 0 Å². The molecule has 1 rings (SSSR count). The second kappa shape index (κ2) is 6.72. The lowest BCUT2D eigenvalue weighted by Gasteiger charge is -2.28. The third-order valence-electron chi connectivity index (χ3n) is 4.40. The lowest BCUT2D eigenvalue weighted by molar-refractivity contribution is -0.141. The largest absolute Gasteiger partial charge is 0.481 e. The van der Waals surface area contributed by atoms with Crippen LogP contribution in [0.1, 0.15) is 53.9 Å².